The standard InChI is InChI=1S/C40H44O10/c1-28-37(47-24-29-13-6-3-7-14-29)39(49-26-31-17-10-5-11-18-31)38(48-25-30-15-8-4-9-16-30)35(50-28)19-12-20-45-33-21-32(40(43)44-2)22-34(23-33)46-27-36(41)42/h3-11,13-18,21-23,28,35,37-39H,12,19-20,24-27H2,1-2H3,(H,41,42)/t28-,35-,37+,38+,39+/m0/s1. The fourth-order valence-corrected chi connectivity index (χ4v) is 5.84. The van der Waals surface area contributed by atoms with Gasteiger partial charge in [-0.25, -0.2) is 9.59 Å². The van der Waals surface area contributed by atoms with E-state index in [9.17, 15) is 9.59 Å². The molecule has 50 heavy (non-hydrogen) atoms. The summed E-state index contributed by atoms with van der Waals surface area (Å²) in [6, 6.07) is 34.5. The van der Waals surface area contributed by atoms with Crippen LogP contribution >= 0.6 is 0 Å². The van der Waals surface area contributed by atoms with E-state index in [4.69, 9.17) is 38.3 Å². The van der Waals surface area contributed by atoms with Gasteiger partial charge in [-0.2, -0.15) is 0 Å². The minimum Gasteiger partial charge on any atom is -0.493 e. The third-order valence-corrected chi connectivity index (χ3v) is 8.29. The number of benzene rings is 4. The van der Waals surface area contributed by atoms with Gasteiger partial charge in [-0.15, -0.1) is 0 Å². The summed E-state index contributed by atoms with van der Waals surface area (Å²) >= 11 is 0. The lowest BCUT2D eigenvalue weighted by Gasteiger charge is -2.45. The number of carboxylic acids is 1. The van der Waals surface area contributed by atoms with Crippen LogP contribution in [-0.2, 0) is 48.3 Å². The quantitative estimate of drug-likeness (QED) is 0.0903. The zero-order chi connectivity index (χ0) is 35.1. The summed E-state index contributed by atoms with van der Waals surface area (Å²) in [7, 11) is 1.27. The first-order chi connectivity index (χ1) is 24.4. The van der Waals surface area contributed by atoms with Crippen LogP contribution in [0.2, 0.25) is 0 Å². The second kappa shape index (κ2) is 18.9. The smallest absolute Gasteiger partial charge is 0.341 e. The first-order valence-corrected chi connectivity index (χ1v) is 16.7. The maximum atomic E-state index is 12.2. The van der Waals surface area contributed by atoms with Gasteiger partial charge in [-0.3, -0.25) is 0 Å². The zero-order valence-corrected chi connectivity index (χ0v) is 28.4. The van der Waals surface area contributed by atoms with Gasteiger partial charge in [0.05, 0.1) is 51.3 Å². The van der Waals surface area contributed by atoms with Crippen molar-refractivity contribution in [1.82, 2.24) is 0 Å². The molecule has 0 aromatic heterocycles. The molecule has 10 nitrogen and oxygen atoms in total. The number of carbonyl (C=O) groups is 2. The van der Waals surface area contributed by atoms with Crippen LogP contribution in [0.3, 0.4) is 0 Å². The molecule has 0 unspecified atom stereocenters. The SMILES string of the molecule is COC(=O)c1cc(OCCC[C@@H]2O[C@@H](C)[C@@H](OCc3ccccc3)[C@@H](OCc3ccccc3)[C@@H]2OCc2ccccc2)cc(OCC(=O)O)c1. The van der Waals surface area contributed by atoms with Crippen molar-refractivity contribution >= 4 is 11.9 Å². The van der Waals surface area contributed by atoms with Crippen molar-refractivity contribution in [2.45, 2.75) is 70.1 Å². The van der Waals surface area contributed by atoms with E-state index < -0.39 is 36.9 Å². The summed E-state index contributed by atoms with van der Waals surface area (Å²) in [5, 5.41) is 9.03. The molecule has 1 fully saturated rings. The monoisotopic (exact) mass is 684 g/mol. The second-order valence-corrected chi connectivity index (χ2v) is 12.0. The fourth-order valence-electron chi connectivity index (χ4n) is 5.84. The number of aliphatic carboxylic acids is 1. The summed E-state index contributed by atoms with van der Waals surface area (Å²) in [6.45, 7) is 2.88. The maximum absolute atomic E-state index is 12.2. The van der Waals surface area contributed by atoms with Crippen LogP contribution in [-0.4, -0.2) is 67.9 Å². The summed E-state index contributed by atoms with van der Waals surface area (Å²) in [5.41, 5.74) is 3.31. The Kier molecular flexibility index (Phi) is 13.8. The molecule has 0 radical (unpaired) electrons. The van der Waals surface area contributed by atoms with Gasteiger partial charge in [0.25, 0.3) is 0 Å². The van der Waals surface area contributed by atoms with Crippen molar-refractivity contribution in [3.05, 3.63) is 131 Å². The van der Waals surface area contributed by atoms with Crippen LogP contribution in [0.5, 0.6) is 11.5 Å². The molecule has 1 aliphatic heterocycles. The summed E-state index contributed by atoms with van der Waals surface area (Å²) in [5.74, 6) is -1.20. The van der Waals surface area contributed by atoms with E-state index in [2.05, 4.69) is 0 Å². The molecule has 4 aromatic carbocycles. The molecule has 264 valence electrons. The molecule has 1 heterocycles. The number of rotatable bonds is 18. The Bertz CT molecular complexity index is 1620. The molecular weight excluding hydrogens is 640 g/mol. The highest BCUT2D eigenvalue weighted by atomic mass is 16.6. The van der Waals surface area contributed by atoms with Crippen LogP contribution in [0.15, 0.2) is 109 Å². The minimum atomic E-state index is -1.14. The maximum Gasteiger partial charge on any atom is 0.341 e. The van der Waals surface area contributed by atoms with Gasteiger partial charge in [-0.1, -0.05) is 91.0 Å². The Labute approximate surface area is 292 Å². The van der Waals surface area contributed by atoms with Crippen molar-refractivity contribution < 1.29 is 47.9 Å². The Morgan fingerprint density at radius 2 is 1.18 bits per heavy atom. The second-order valence-electron chi connectivity index (χ2n) is 12.0. The third kappa shape index (κ3) is 10.9. The molecule has 0 bridgehead atoms. The number of carboxylic acid groups (broad SMARTS) is 1. The summed E-state index contributed by atoms with van der Waals surface area (Å²) in [6.07, 6.45) is -0.787. The number of ether oxygens (including phenoxy) is 7. The molecule has 1 saturated heterocycles. The lowest BCUT2D eigenvalue weighted by atomic mass is 9.92. The molecule has 4 aromatic rings. The van der Waals surface area contributed by atoms with E-state index in [1.807, 2.05) is 97.9 Å². The number of esters is 1. The number of hydrogen-bond donors (Lipinski definition) is 1. The Morgan fingerprint density at radius 3 is 1.70 bits per heavy atom. The van der Waals surface area contributed by atoms with Crippen molar-refractivity contribution in [3.8, 4) is 11.5 Å². The fraction of sp³-hybridized carbons (Fsp3) is 0.350. The van der Waals surface area contributed by atoms with Crippen LogP contribution in [0, 0.1) is 0 Å². The van der Waals surface area contributed by atoms with E-state index in [-0.39, 0.29) is 30.1 Å². The van der Waals surface area contributed by atoms with Crippen LogP contribution in [0.4, 0.5) is 0 Å². The van der Waals surface area contributed by atoms with Crippen LogP contribution in [0.25, 0.3) is 0 Å². The van der Waals surface area contributed by atoms with Crippen LogP contribution in [0.1, 0.15) is 46.8 Å². The van der Waals surface area contributed by atoms with Gasteiger partial charge >= 0.3 is 11.9 Å². The lowest BCUT2D eigenvalue weighted by Crippen LogP contribution is -2.59. The van der Waals surface area contributed by atoms with Crippen molar-refractivity contribution in [2.75, 3.05) is 20.3 Å². The highest BCUT2D eigenvalue weighted by Crippen LogP contribution is 2.32. The van der Waals surface area contributed by atoms with E-state index in [1.165, 1.54) is 19.2 Å². The van der Waals surface area contributed by atoms with Gasteiger partial charge < -0.3 is 38.3 Å². The van der Waals surface area contributed by atoms with E-state index in [0.29, 0.717) is 38.4 Å². The molecule has 1 N–H and O–H groups in total. The highest BCUT2D eigenvalue weighted by Gasteiger charge is 2.46. The van der Waals surface area contributed by atoms with Gasteiger partial charge in [0.2, 0.25) is 0 Å². The summed E-state index contributed by atoms with van der Waals surface area (Å²) in [4.78, 5) is 23.3. The molecule has 0 amide bonds. The first kappa shape index (κ1) is 36.5. The molecule has 5 atom stereocenters. The van der Waals surface area contributed by atoms with Gasteiger partial charge in [0.15, 0.2) is 6.61 Å². The average Bonchev–Trinajstić information content (AvgIpc) is 3.14. The Balaban J connectivity index is 1.32. The number of carbonyl (C=O) groups excluding carboxylic acids is 1. The molecular formula is C40H44O10. The molecule has 5 rings (SSSR count). The predicted octanol–water partition coefficient (Wildman–Crippen LogP) is 6.64. The van der Waals surface area contributed by atoms with Crippen molar-refractivity contribution in [3.63, 3.8) is 0 Å². The van der Waals surface area contributed by atoms with Crippen molar-refractivity contribution in [1.29, 1.82) is 0 Å². The third-order valence-electron chi connectivity index (χ3n) is 8.29. The Morgan fingerprint density at radius 1 is 0.680 bits per heavy atom. The Hall–Kier alpha value is -4.74. The lowest BCUT2D eigenvalue weighted by molar-refractivity contribution is -0.262. The van der Waals surface area contributed by atoms with Gasteiger partial charge in [0.1, 0.15) is 29.8 Å². The summed E-state index contributed by atoms with van der Waals surface area (Å²) < 4.78 is 42.7. The van der Waals surface area contributed by atoms with E-state index in [1.54, 1.807) is 6.07 Å². The van der Waals surface area contributed by atoms with E-state index >= 15 is 0 Å². The van der Waals surface area contributed by atoms with Gasteiger partial charge in [-0.05, 0) is 48.6 Å². The number of hydrogen-bond acceptors (Lipinski definition) is 9. The molecule has 0 saturated carbocycles. The normalized spacial score (nSPS) is 20.2. The van der Waals surface area contributed by atoms with E-state index in [0.717, 1.165) is 16.7 Å². The largest absolute Gasteiger partial charge is 0.493 e. The van der Waals surface area contributed by atoms with Crippen LogP contribution < -0.4 is 9.47 Å². The molecule has 10 heteroatoms. The number of methoxy groups -OCH3 is 1. The predicted molar refractivity (Wildman–Crippen MR) is 185 cm³/mol. The average molecular weight is 685 g/mol. The van der Waals surface area contributed by atoms with Crippen molar-refractivity contribution in [2.24, 2.45) is 0 Å². The minimum absolute atomic E-state index is 0.184. The molecule has 0 aliphatic carbocycles. The molecule has 1 aliphatic rings. The zero-order valence-electron chi connectivity index (χ0n) is 28.4. The molecule has 0 spiro atoms. The first-order valence-electron chi connectivity index (χ1n) is 16.7. The topological polar surface area (TPSA) is 119 Å². The highest BCUT2D eigenvalue weighted by molar-refractivity contribution is 5.90. The van der Waals surface area contributed by atoms with Gasteiger partial charge in [0, 0.05) is 6.07 Å².